The lowest BCUT2D eigenvalue weighted by molar-refractivity contribution is 0.0640. The van der Waals surface area contributed by atoms with Crippen LogP contribution < -0.4 is 0 Å². The molecule has 1 aromatic carbocycles. The van der Waals surface area contributed by atoms with Gasteiger partial charge in [-0.05, 0) is 48.9 Å². The number of ketones is 1. The topological polar surface area (TPSA) is 37.4 Å². The molecule has 23 heavy (non-hydrogen) atoms. The van der Waals surface area contributed by atoms with Crippen molar-refractivity contribution >= 4 is 34.6 Å². The molecule has 0 spiro atoms. The summed E-state index contributed by atoms with van der Waals surface area (Å²) < 4.78 is 0. The van der Waals surface area contributed by atoms with E-state index in [1.54, 1.807) is 24.3 Å². The predicted octanol–water partition coefficient (Wildman–Crippen LogP) is 4.45. The average Bonchev–Trinajstić information content (AvgIpc) is 2.99. The van der Waals surface area contributed by atoms with Crippen molar-refractivity contribution in [2.75, 3.05) is 13.1 Å². The molecular weight excluding hydrogens is 330 g/mol. The van der Waals surface area contributed by atoms with E-state index < -0.39 is 0 Å². The number of likely N-dealkylation sites (tertiary alicyclic amines) is 1. The summed E-state index contributed by atoms with van der Waals surface area (Å²) in [4.78, 5) is 27.9. The number of thiophene rings is 1. The Bertz CT molecular complexity index is 740. The Kier molecular flexibility index (Phi) is 4.83. The van der Waals surface area contributed by atoms with E-state index in [9.17, 15) is 9.59 Å². The third-order valence-corrected chi connectivity index (χ3v) is 5.48. The number of carbonyl (C=O) groups excluding carboxylic acids is 2. The van der Waals surface area contributed by atoms with Gasteiger partial charge in [-0.15, -0.1) is 11.3 Å². The Morgan fingerprint density at radius 3 is 2.83 bits per heavy atom. The first-order chi connectivity index (χ1) is 11.1. The van der Waals surface area contributed by atoms with Crippen LogP contribution in [0, 0.1) is 12.8 Å². The van der Waals surface area contributed by atoms with Crippen molar-refractivity contribution in [2.24, 2.45) is 5.92 Å². The highest BCUT2D eigenvalue weighted by atomic mass is 35.5. The van der Waals surface area contributed by atoms with Crippen LogP contribution in [0.1, 0.15) is 38.4 Å². The van der Waals surface area contributed by atoms with Gasteiger partial charge in [-0.3, -0.25) is 9.59 Å². The van der Waals surface area contributed by atoms with Crippen LogP contribution in [-0.4, -0.2) is 29.7 Å². The van der Waals surface area contributed by atoms with E-state index in [0.29, 0.717) is 17.1 Å². The first kappa shape index (κ1) is 16.2. The first-order valence-corrected chi connectivity index (χ1v) is 8.95. The maximum Gasteiger partial charge on any atom is 0.264 e. The Morgan fingerprint density at radius 1 is 1.30 bits per heavy atom. The summed E-state index contributed by atoms with van der Waals surface area (Å²) in [5.41, 5.74) is 1.63. The summed E-state index contributed by atoms with van der Waals surface area (Å²) in [6.45, 7) is 3.15. The van der Waals surface area contributed by atoms with Crippen molar-refractivity contribution < 1.29 is 9.59 Å². The van der Waals surface area contributed by atoms with Crippen molar-refractivity contribution in [2.45, 2.75) is 19.8 Å². The molecule has 0 N–H and O–H groups in total. The minimum Gasteiger partial charge on any atom is -0.337 e. The zero-order chi connectivity index (χ0) is 16.4. The Hall–Kier alpha value is -1.65. The maximum atomic E-state index is 12.7. The van der Waals surface area contributed by atoms with Crippen LogP contribution >= 0.6 is 22.9 Å². The second-order valence-corrected chi connectivity index (χ2v) is 7.25. The summed E-state index contributed by atoms with van der Waals surface area (Å²) in [6, 6.07) is 8.99. The van der Waals surface area contributed by atoms with Crippen LogP contribution in [-0.2, 0) is 0 Å². The molecule has 0 saturated carbocycles. The number of rotatable bonds is 3. The van der Waals surface area contributed by atoms with Crippen molar-refractivity contribution in [3.63, 3.8) is 0 Å². The molecule has 120 valence electrons. The van der Waals surface area contributed by atoms with E-state index in [-0.39, 0.29) is 17.6 Å². The van der Waals surface area contributed by atoms with Crippen molar-refractivity contribution in [1.82, 2.24) is 4.90 Å². The molecule has 0 radical (unpaired) electrons. The summed E-state index contributed by atoms with van der Waals surface area (Å²) >= 11 is 7.44. The number of halogens is 1. The largest absolute Gasteiger partial charge is 0.337 e. The fourth-order valence-electron chi connectivity index (χ4n) is 2.99. The third-order valence-electron chi connectivity index (χ3n) is 4.24. The Morgan fingerprint density at radius 2 is 2.13 bits per heavy atom. The molecule has 5 heteroatoms. The van der Waals surface area contributed by atoms with Gasteiger partial charge in [0.1, 0.15) is 0 Å². The molecule has 3 nitrogen and oxygen atoms in total. The molecule has 3 rings (SSSR count). The van der Waals surface area contributed by atoms with Gasteiger partial charge in [-0.1, -0.05) is 23.7 Å². The molecule has 0 unspecified atom stereocenters. The zero-order valence-corrected chi connectivity index (χ0v) is 14.5. The van der Waals surface area contributed by atoms with Gasteiger partial charge in [0.2, 0.25) is 0 Å². The SMILES string of the molecule is Cc1ccsc1C(=O)N1CCC[C@@H](C(=O)c2cccc(Cl)c2)C1. The lowest BCUT2D eigenvalue weighted by Crippen LogP contribution is -2.42. The van der Waals surface area contributed by atoms with Crippen LogP contribution in [0.5, 0.6) is 0 Å². The number of benzene rings is 1. The van der Waals surface area contributed by atoms with Gasteiger partial charge in [0.05, 0.1) is 4.88 Å². The van der Waals surface area contributed by atoms with Crippen LogP contribution in [0.4, 0.5) is 0 Å². The number of hydrogen-bond donors (Lipinski definition) is 0. The standard InChI is InChI=1S/C18H18ClNO2S/c1-12-7-9-23-17(12)18(22)20-8-3-5-14(11-20)16(21)13-4-2-6-15(19)10-13/h2,4,6-7,9-10,14H,3,5,8,11H2,1H3/t14-/m1/s1. The van der Waals surface area contributed by atoms with E-state index in [0.717, 1.165) is 29.8 Å². The fourth-order valence-corrected chi connectivity index (χ4v) is 4.07. The normalized spacial score (nSPS) is 18.0. The number of piperidine rings is 1. The van der Waals surface area contributed by atoms with E-state index >= 15 is 0 Å². The summed E-state index contributed by atoms with van der Waals surface area (Å²) in [5.74, 6) is -0.0274. The van der Waals surface area contributed by atoms with E-state index in [2.05, 4.69) is 0 Å². The summed E-state index contributed by atoms with van der Waals surface area (Å²) in [6.07, 6.45) is 1.67. The molecule has 0 bridgehead atoms. The summed E-state index contributed by atoms with van der Waals surface area (Å²) in [7, 11) is 0. The molecule has 2 aromatic rings. The number of aryl methyl sites for hydroxylation is 1. The maximum absolute atomic E-state index is 12.7. The number of amides is 1. The lowest BCUT2D eigenvalue weighted by Gasteiger charge is -2.32. The van der Waals surface area contributed by atoms with Crippen LogP contribution in [0.15, 0.2) is 35.7 Å². The molecule has 2 heterocycles. The zero-order valence-electron chi connectivity index (χ0n) is 12.9. The van der Waals surface area contributed by atoms with E-state index in [1.807, 2.05) is 23.3 Å². The molecule has 1 saturated heterocycles. The Balaban J connectivity index is 1.74. The fraction of sp³-hybridized carbons (Fsp3) is 0.333. The van der Waals surface area contributed by atoms with Crippen molar-refractivity contribution in [3.8, 4) is 0 Å². The molecule has 0 aliphatic carbocycles. The average molecular weight is 348 g/mol. The molecule has 1 aromatic heterocycles. The number of nitrogens with zero attached hydrogens (tertiary/aromatic N) is 1. The lowest BCUT2D eigenvalue weighted by atomic mass is 9.90. The highest BCUT2D eigenvalue weighted by Crippen LogP contribution is 2.25. The van der Waals surface area contributed by atoms with Gasteiger partial charge < -0.3 is 4.90 Å². The third kappa shape index (κ3) is 3.48. The second kappa shape index (κ2) is 6.85. The smallest absolute Gasteiger partial charge is 0.264 e. The van der Waals surface area contributed by atoms with Gasteiger partial charge in [0.25, 0.3) is 5.91 Å². The summed E-state index contributed by atoms with van der Waals surface area (Å²) in [5, 5.41) is 2.50. The molecular formula is C18H18ClNO2S. The highest BCUT2D eigenvalue weighted by Gasteiger charge is 2.30. The monoisotopic (exact) mass is 347 g/mol. The minimum absolute atomic E-state index is 0.0427. The first-order valence-electron chi connectivity index (χ1n) is 7.69. The molecule has 1 atom stereocenters. The number of carbonyl (C=O) groups is 2. The second-order valence-electron chi connectivity index (χ2n) is 5.90. The van der Waals surface area contributed by atoms with E-state index in [4.69, 9.17) is 11.6 Å². The highest BCUT2D eigenvalue weighted by molar-refractivity contribution is 7.12. The molecule has 1 amide bonds. The van der Waals surface area contributed by atoms with Gasteiger partial charge >= 0.3 is 0 Å². The van der Waals surface area contributed by atoms with E-state index in [1.165, 1.54) is 11.3 Å². The van der Waals surface area contributed by atoms with Gasteiger partial charge in [-0.25, -0.2) is 0 Å². The van der Waals surface area contributed by atoms with Crippen molar-refractivity contribution in [1.29, 1.82) is 0 Å². The number of Topliss-reactive ketones (excluding diaryl/α,β-unsaturated/α-hetero) is 1. The van der Waals surface area contributed by atoms with Crippen LogP contribution in [0.2, 0.25) is 5.02 Å². The van der Waals surface area contributed by atoms with Gasteiger partial charge in [-0.2, -0.15) is 0 Å². The predicted molar refractivity (Wildman–Crippen MR) is 93.5 cm³/mol. The van der Waals surface area contributed by atoms with Crippen LogP contribution in [0.25, 0.3) is 0 Å². The number of hydrogen-bond acceptors (Lipinski definition) is 3. The molecule has 1 fully saturated rings. The molecule has 1 aliphatic rings. The quantitative estimate of drug-likeness (QED) is 0.769. The van der Waals surface area contributed by atoms with Gasteiger partial charge in [0.15, 0.2) is 5.78 Å². The van der Waals surface area contributed by atoms with Gasteiger partial charge in [0, 0.05) is 29.6 Å². The van der Waals surface area contributed by atoms with Crippen LogP contribution in [0.3, 0.4) is 0 Å². The molecule has 1 aliphatic heterocycles. The Labute approximate surface area is 144 Å². The minimum atomic E-state index is -0.147. The van der Waals surface area contributed by atoms with Crippen molar-refractivity contribution in [3.05, 3.63) is 56.7 Å².